The molecule has 0 aliphatic rings. The molecule has 4 rings (SSSR count). The highest BCUT2D eigenvalue weighted by Gasteiger charge is 2.08. The maximum absolute atomic E-state index is 12.4. The number of benzene rings is 2. The molecule has 6 heteroatoms. The summed E-state index contributed by atoms with van der Waals surface area (Å²) < 4.78 is 1.55. The Kier molecular flexibility index (Phi) is 6.29. The number of rotatable bonds is 6. The van der Waals surface area contributed by atoms with Crippen LogP contribution < -0.4 is 10.9 Å². The van der Waals surface area contributed by atoms with Crippen LogP contribution in [0.4, 0.5) is 5.69 Å². The number of pyridine rings is 1. The van der Waals surface area contributed by atoms with Gasteiger partial charge in [-0.15, -0.1) is 11.8 Å². The van der Waals surface area contributed by atoms with Crippen molar-refractivity contribution < 1.29 is 4.79 Å². The Hall–Kier alpha value is -3.64. The number of anilines is 1. The molecule has 0 saturated carbocycles. The second kappa shape index (κ2) is 9.45. The Balaban J connectivity index is 1.47. The van der Waals surface area contributed by atoms with Gasteiger partial charge in [0.15, 0.2) is 0 Å². The molecule has 0 aliphatic carbocycles. The number of hydrogen-bond donors (Lipinski definition) is 1. The van der Waals surface area contributed by atoms with Gasteiger partial charge in [-0.1, -0.05) is 48.5 Å². The third-order valence-corrected chi connectivity index (χ3v) is 5.71. The molecule has 1 N–H and O–H groups in total. The summed E-state index contributed by atoms with van der Waals surface area (Å²) in [5.41, 5.74) is 3.92. The third-order valence-electron chi connectivity index (χ3n) is 4.61. The monoisotopic (exact) mass is 427 g/mol. The van der Waals surface area contributed by atoms with E-state index in [0.29, 0.717) is 17.1 Å². The molecule has 5 nitrogen and oxygen atoms in total. The largest absolute Gasteiger partial charge is 0.321 e. The zero-order chi connectivity index (χ0) is 21.6. The zero-order valence-electron chi connectivity index (χ0n) is 17.0. The fourth-order valence-electron chi connectivity index (χ4n) is 3.09. The fourth-order valence-corrected chi connectivity index (χ4v) is 3.99. The highest BCUT2D eigenvalue weighted by Crippen LogP contribution is 2.29. The van der Waals surface area contributed by atoms with Gasteiger partial charge in [0, 0.05) is 29.0 Å². The van der Waals surface area contributed by atoms with Crippen molar-refractivity contribution in [2.75, 3.05) is 5.32 Å². The van der Waals surface area contributed by atoms with Gasteiger partial charge in [0.05, 0.1) is 11.4 Å². The summed E-state index contributed by atoms with van der Waals surface area (Å²) >= 11 is 1.53. The summed E-state index contributed by atoms with van der Waals surface area (Å²) in [6, 6.07) is 22.6. The molecule has 31 heavy (non-hydrogen) atoms. The number of amides is 1. The fraction of sp³-hybridized carbons (Fsp3) is 0.0800. The summed E-state index contributed by atoms with van der Waals surface area (Å²) in [4.78, 5) is 30.3. The van der Waals surface area contributed by atoms with Crippen LogP contribution in [0, 0.1) is 6.92 Å². The smallest absolute Gasteiger partial charge is 0.258 e. The Bertz CT molecular complexity index is 1310. The van der Waals surface area contributed by atoms with Crippen molar-refractivity contribution >= 4 is 35.1 Å². The summed E-state index contributed by atoms with van der Waals surface area (Å²) in [7, 11) is 0. The van der Waals surface area contributed by atoms with E-state index < -0.39 is 0 Å². The van der Waals surface area contributed by atoms with Crippen molar-refractivity contribution in [3.05, 3.63) is 112 Å². The molecule has 4 aromatic rings. The van der Waals surface area contributed by atoms with E-state index in [0.717, 1.165) is 21.7 Å². The molecule has 154 valence electrons. The third kappa shape index (κ3) is 5.29. The van der Waals surface area contributed by atoms with Gasteiger partial charge < -0.3 is 5.32 Å². The lowest BCUT2D eigenvalue weighted by molar-refractivity contribution is -0.111. The van der Waals surface area contributed by atoms with Crippen molar-refractivity contribution in [1.29, 1.82) is 0 Å². The van der Waals surface area contributed by atoms with E-state index in [1.807, 2.05) is 73.7 Å². The summed E-state index contributed by atoms with van der Waals surface area (Å²) in [5, 5.41) is 2.93. The second-order valence-electron chi connectivity index (χ2n) is 7.04. The minimum atomic E-state index is -0.200. The van der Waals surface area contributed by atoms with E-state index in [4.69, 9.17) is 0 Å². The molecule has 0 atom stereocenters. The molecule has 2 aromatic heterocycles. The first-order valence-electron chi connectivity index (χ1n) is 9.83. The molecular weight excluding hydrogens is 406 g/mol. The van der Waals surface area contributed by atoms with Gasteiger partial charge in [0.25, 0.3) is 5.56 Å². The van der Waals surface area contributed by atoms with Crippen LogP contribution in [0.5, 0.6) is 0 Å². The maximum atomic E-state index is 12.4. The van der Waals surface area contributed by atoms with E-state index in [1.54, 1.807) is 22.7 Å². The van der Waals surface area contributed by atoms with Crippen molar-refractivity contribution in [1.82, 2.24) is 9.38 Å². The lowest BCUT2D eigenvalue weighted by Crippen LogP contribution is -2.15. The van der Waals surface area contributed by atoms with Crippen LogP contribution in [0.1, 0.15) is 16.8 Å². The van der Waals surface area contributed by atoms with Crippen LogP contribution >= 0.6 is 11.8 Å². The topological polar surface area (TPSA) is 63.5 Å². The van der Waals surface area contributed by atoms with E-state index in [-0.39, 0.29) is 11.5 Å². The molecule has 0 radical (unpaired) electrons. The summed E-state index contributed by atoms with van der Waals surface area (Å²) in [6.07, 6.45) is 5.08. The Morgan fingerprint density at radius 1 is 1.06 bits per heavy atom. The molecule has 0 fully saturated rings. The van der Waals surface area contributed by atoms with Crippen LogP contribution in [0.3, 0.4) is 0 Å². The molecule has 0 aliphatic heterocycles. The highest BCUT2D eigenvalue weighted by atomic mass is 32.2. The molecule has 0 bridgehead atoms. The number of carbonyl (C=O) groups excluding carboxylic acids is 1. The van der Waals surface area contributed by atoms with Gasteiger partial charge in [-0.3, -0.25) is 14.0 Å². The van der Waals surface area contributed by atoms with Crippen LogP contribution in [0.15, 0.2) is 94.8 Å². The number of nitrogens with zero attached hydrogens (tertiary/aromatic N) is 2. The van der Waals surface area contributed by atoms with Gasteiger partial charge in [-0.25, -0.2) is 4.98 Å². The van der Waals surface area contributed by atoms with Gasteiger partial charge in [-0.05, 0) is 42.3 Å². The first kappa shape index (κ1) is 20.6. The molecule has 0 saturated heterocycles. The normalized spacial score (nSPS) is 11.1. The molecule has 0 spiro atoms. The van der Waals surface area contributed by atoms with Crippen LogP contribution in [-0.2, 0) is 10.5 Å². The molecule has 0 unspecified atom stereocenters. The van der Waals surface area contributed by atoms with Crippen LogP contribution in [-0.4, -0.2) is 15.3 Å². The van der Waals surface area contributed by atoms with Crippen molar-refractivity contribution in [3.8, 4) is 0 Å². The Labute approximate surface area is 184 Å². The Morgan fingerprint density at radius 3 is 2.68 bits per heavy atom. The number of thioether (sulfide) groups is 1. The zero-order valence-corrected chi connectivity index (χ0v) is 17.8. The van der Waals surface area contributed by atoms with E-state index >= 15 is 0 Å². The SMILES string of the molecule is Cc1ccc2nc(CSc3ccccc3NC(=O)/C=C/c3ccccc3)cc(=O)n2c1. The van der Waals surface area contributed by atoms with Crippen molar-refractivity contribution in [2.45, 2.75) is 17.6 Å². The van der Waals surface area contributed by atoms with E-state index in [9.17, 15) is 9.59 Å². The lowest BCUT2D eigenvalue weighted by Gasteiger charge is -2.10. The predicted octanol–water partition coefficient (Wildman–Crippen LogP) is 4.95. The quantitative estimate of drug-likeness (QED) is 0.349. The Morgan fingerprint density at radius 2 is 1.84 bits per heavy atom. The number of aryl methyl sites for hydroxylation is 1. The van der Waals surface area contributed by atoms with E-state index in [2.05, 4.69) is 10.3 Å². The standard InChI is InChI=1S/C25H21N3O2S/c1-18-11-13-23-26-20(15-25(30)28(23)16-18)17-31-22-10-6-5-9-21(22)27-24(29)14-12-19-7-3-2-4-8-19/h2-16H,17H2,1H3,(H,27,29)/b14-12+. The number of nitrogens with one attached hydrogen (secondary N) is 1. The number of aromatic nitrogens is 2. The molecule has 2 heterocycles. The summed E-state index contributed by atoms with van der Waals surface area (Å²) in [6.45, 7) is 1.94. The number of carbonyl (C=O) groups is 1. The highest BCUT2D eigenvalue weighted by molar-refractivity contribution is 7.98. The average Bonchev–Trinajstić information content (AvgIpc) is 2.78. The van der Waals surface area contributed by atoms with Gasteiger partial charge in [-0.2, -0.15) is 0 Å². The number of hydrogen-bond acceptors (Lipinski definition) is 4. The van der Waals surface area contributed by atoms with E-state index in [1.165, 1.54) is 17.8 Å². The molecule has 1 amide bonds. The number of fused-ring (bicyclic) bond motifs is 1. The molecule has 2 aromatic carbocycles. The first-order chi connectivity index (χ1) is 15.1. The number of para-hydroxylation sites is 1. The average molecular weight is 428 g/mol. The second-order valence-corrected chi connectivity index (χ2v) is 8.06. The van der Waals surface area contributed by atoms with Gasteiger partial charge >= 0.3 is 0 Å². The van der Waals surface area contributed by atoms with Crippen molar-refractivity contribution in [3.63, 3.8) is 0 Å². The lowest BCUT2D eigenvalue weighted by atomic mass is 10.2. The van der Waals surface area contributed by atoms with Crippen LogP contribution in [0.25, 0.3) is 11.7 Å². The predicted molar refractivity (Wildman–Crippen MR) is 126 cm³/mol. The molecular formula is C25H21N3O2S. The minimum absolute atomic E-state index is 0.100. The summed E-state index contributed by atoms with van der Waals surface area (Å²) in [5.74, 6) is 0.321. The van der Waals surface area contributed by atoms with Gasteiger partial charge in [0.1, 0.15) is 5.65 Å². The first-order valence-corrected chi connectivity index (χ1v) is 10.8. The van der Waals surface area contributed by atoms with Gasteiger partial charge in [0.2, 0.25) is 5.91 Å². The minimum Gasteiger partial charge on any atom is -0.321 e. The maximum Gasteiger partial charge on any atom is 0.258 e. The van der Waals surface area contributed by atoms with Crippen molar-refractivity contribution in [2.24, 2.45) is 0 Å². The van der Waals surface area contributed by atoms with Crippen LogP contribution in [0.2, 0.25) is 0 Å².